The van der Waals surface area contributed by atoms with E-state index in [9.17, 15) is 9.59 Å². The molecule has 0 saturated carbocycles. The quantitative estimate of drug-likeness (QED) is 0.571. The smallest absolute Gasteiger partial charge is 0.228 e. The Morgan fingerprint density at radius 2 is 1.89 bits per heavy atom. The SMILES string of the molecule is CC(C)C(=O)Nc1nc(CC(=O)NC(CN)c2ccc3ccccc3c2)cs1. The average molecular weight is 397 g/mol. The summed E-state index contributed by atoms with van der Waals surface area (Å²) in [4.78, 5) is 28.5. The Labute approximate surface area is 168 Å². The normalized spacial score (nSPS) is 12.1. The molecule has 0 spiro atoms. The van der Waals surface area contributed by atoms with E-state index in [1.54, 1.807) is 5.38 Å². The van der Waals surface area contributed by atoms with Gasteiger partial charge in [0.15, 0.2) is 5.13 Å². The van der Waals surface area contributed by atoms with Gasteiger partial charge in [-0.2, -0.15) is 0 Å². The molecule has 0 saturated heterocycles. The van der Waals surface area contributed by atoms with Crippen LogP contribution in [0.5, 0.6) is 0 Å². The fraction of sp³-hybridized carbons (Fsp3) is 0.286. The number of amides is 2. The number of aromatic nitrogens is 1. The molecule has 1 aromatic heterocycles. The highest BCUT2D eigenvalue weighted by atomic mass is 32.1. The predicted molar refractivity (Wildman–Crippen MR) is 113 cm³/mol. The molecule has 146 valence electrons. The Morgan fingerprint density at radius 3 is 2.61 bits per heavy atom. The van der Waals surface area contributed by atoms with Crippen LogP contribution in [0.25, 0.3) is 10.8 Å². The minimum Gasteiger partial charge on any atom is -0.348 e. The largest absolute Gasteiger partial charge is 0.348 e. The molecule has 0 fully saturated rings. The molecule has 2 aromatic carbocycles. The molecule has 0 bridgehead atoms. The standard InChI is InChI=1S/C21H24N4O2S/c1-13(2)20(27)25-21-23-17(12-28-21)10-19(26)24-18(11-22)16-8-7-14-5-3-4-6-15(14)9-16/h3-9,12-13,18H,10-11,22H2,1-2H3,(H,24,26)(H,23,25,27). The summed E-state index contributed by atoms with van der Waals surface area (Å²) >= 11 is 1.31. The fourth-order valence-corrected chi connectivity index (χ4v) is 3.52. The molecule has 7 heteroatoms. The van der Waals surface area contributed by atoms with E-state index >= 15 is 0 Å². The van der Waals surface area contributed by atoms with Gasteiger partial charge >= 0.3 is 0 Å². The molecule has 0 aliphatic heterocycles. The van der Waals surface area contributed by atoms with E-state index in [0.29, 0.717) is 17.4 Å². The van der Waals surface area contributed by atoms with Crippen LogP contribution >= 0.6 is 11.3 Å². The molecule has 0 aliphatic rings. The van der Waals surface area contributed by atoms with Gasteiger partial charge in [-0.15, -0.1) is 11.3 Å². The Bertz CT molecular complexity index is 983. The lowest BCUT2D eigenvalue weighted by Gasteiger charge is -2.17. The van der Waals surface area contributed by atoms with Crippen molar-refractivity contribution in [2.75, 3.05) is 11.9 Å². The number of carbonyl (C=O) groups is 2. The maximum absolute atomic E-state index is 12.5. The van der Waals surface area contributed by atoms with Crippen molar-refractivity contribution in [1.29, 1.82) is 0 Å². The van der Waals surface area contributed by atoms with Crippen LogP contribution in [0.4, 0.5) is 5.13 Å². The number of hydrogen-bond donors (Lipinski definition) is 3. The number of thiazole rings is 1. The number of carbonyl (C=O) groups excluding carboxylic acids is 2. The van der Waals surface area contributed by atoms with Crippen LogP contribution in [-0.2, 0) is 16.0 Å². The van der Waals surface area contributed by atoms with Gasteiger partial charge in [0, 0.05) is 17.8 Å². The molecule has 3 aromatic rings. The second kappa shape index (κ2) is 8.95. The van der Waals surface area contributed by atoms with Gasteiger partial charge in [0.1, 0.15) is 0 Å². The van der Waals surface area contributed by atoms with Crippen molar-refractivity contribution in [1.82, 2.24) is 10.3 Å². The molecule has 28 heavy (non-hydrogen) atoms. The Balaban J connectivity index is 1.64. The summed E-state index contributed by atoms with van der Waals surface area (Å²) in [6, 6.07) is 13.9. The van der Waals surface area contributed by atoms with E-state index < -0.39 is 0 Å². The molecular formula is C21H24N4O2S. The molecular weight excluding hydrogens is 372 g/mol. The minimum absolute atomic E-state index is 0.0927. The number of fused-ring (bicyclic) bond motifs is 1. The van der Waals surface area contributed by atoms with E-state index in [1.807, 2.05) is 50.2 Å². The zero-order chi connectivity index (χ0) is 20.1. The number of nitrogens with two attached hydrogens (primary N) is 1. The average Bonchev–Trinajstić information content (AvgIpc) is 3.12. The first-order valence-electron chi connectivity index (χ1n) is 9.19. The van der Waals surface area contributed by atoms with Crippen LogP contribution in [0.3, 0.4) is 0 Å². The molecule has 3 rings (SSSR count). The van der Waals surface area contributed by atoms with Gasteiger partial charge in [0.2, 0.25) is 11.8 Å². The van der Waals surface area contributed by atoms with Crippen LogP contribution in [0.15, 0.2) is 47.8 Å². The van der Waals surface area contributed by atoms with E-state index in [1.165, 1.54) is 11.3 Å². The summed E-state index contributed by atoms with van der Waals surface area (Å²) < 4.78 is 0. The van der Waals surface area contributed by atoms with Crippen molar-refractivity contribution < 1.29 is 9.59 Å². The monoisotopic (exact) mass is 396 g/mol. The van der Waals surface area contributed by atoms with Crippen molar-refractivity contribution in [2.45, 2.75) is 26.3 Å². The predicted octanol–water partition coefficient (Wildman–Crippen LogP) is 3.25. The zero-order valence-electron chi connectivity index (χ0n) is 15.9. The maximum Gasteiger partial charge on any atom is 0.228 e. The third kappa shape index (κ3) is 4.94. The highest BCUT2D eigenvalue weighted by molar-refractivity contribution is 7.13. The van der Waals surface area contributed by atoms with Crippen LogP contribution < -0.4 is 16.4 Å². The van der Waals surface area contributed by atoms with Gasteiger partial charge in [-0.3, -0.25) is 9.59 Å². The first kappa shape index (κ1) is 20.0. The number of nitrogens with one attached hydrogen (secondary N) is 2. The summed E-state index contributed by atoms with van der Waals surface area (Å²) in [6.45, 7) is 3.94. The topological polar surface area (TPSA) is 97.1 Å². The highest BCUT2D eigenvalue weighted by Gasteiger charge is 2.16. The second-order valence-electron chi connectivity index (χ2n) is 6.93. The number of hydrogen-bond acceptors (Lipinski definition) is 5. The van der Waals surface area contributed by atoms with Crippen LogP contribution in [0, 0.1) is 5.92 Å². The zero-order valence-corrected chi connectivity index (χ0v) is 16.8. The molecule has 1 unspecified atom stereocenters. The molecule has 4 N–H and O–H groups in total. The van der Waals surface area contributed by atoms with Crippen LogP contribution in [0.2, 0.25) is 0 Å². The Hall–Kier alpha value is -2.77. The summed E-state index contributed by atoms with van der Waals surface area (Å²) in [5, 5.41) is 10.3. The second-order valence-corrected chi connectivity index (χ2v) is 7.79. The van der Waals surface area contributed by atoms with Crippen molar-refractivity contribution in [2.24, 2.45) is 11.7 Å². The molecule has 6 nitrogen and oxygen atoms in total. The van der Waals surface area contributed by atoms with E-state index in [-0.39, 0.29) is 30.2 Å². The van der Waals surface area contributed by atoms with E-state index in [0.717, 1.165) is 16.3 Å². The molecule has 1 atom stereocenters. The first-order chi connectivity index (χ1) is 13.5. The van der Waals surface area contributed by atoms with Crippen molar-refractivity contribution in [3.63, 3.8) is 0 Å². The van der Waals surface area contributed by atoms with E-state index in [2.05, 4.69) is 21.7 Å². The van der Waals surface area contributed by atoms with Crippen molar-refractivity contribution in [3.8, 4) is 0 Å². The molecule has 2 amide bonds. The lowest BCUT2D eigenvalue weighted by molar-refractivity contribution is -0.121. The summed E-state index contributed by atoms with van der Waals surface area (Å²) in [5.74, 6) is -0.372. The minimum atomic E-state index is -0.268. The van der Waals surface area contributed by atoms with Gasteiger partial charge in [-0.1, -0.05) is 50.2 Å². The lowest BCUT2D eigenvalue weighted by Crippen LogP contribution is -2.34. The van der Waals surface area contributed by atoms with Crippen LogP contribution in [-0.4, -0.2) is 23.3 Å². The highest BCUT2D eigenvalue weighted by Crippen LogP contribution is 2.21. The van der Waals surface area contributed by atoms with Crippen molar-refractivity contribution in [3.05, 3.63) is 59.1 Å². The summed E-state index contributed by atoms with van der Waals surface area (Å²) in [5.41, 5.74) is 7.49. The number of rotatable bonds is 7. The molecule has 1 heterocycles. The third-order valence-electron chi connectivity index (χ3n) is 4.39. The Morgan fingerprint density at radius 1 is 1.14 bits per heavy atom. The van der Waals surface area contributed by atoms with Crippen molar-refractivity contribution >= 4 is 39.1 Å². The molecule has 0 radical (unpaired) electrons. The fourth-order valence-electron chi connectivity index (χ4n) is 2.81. The molecule has 0 aliphatic carbocycles. The number of nitrogens with zero attached hydrogens (tertiary/aromatic N) is 1. The van der Waals surface area contributed by atoms with Gasteiger partial charge in [-0.05, 0) is 22.4 Å². The lowest BCUT2D eigenvalue weighted by atomic mass is 10.0. The Kier molecular flexibility index (Phi) is 6.38. The number of benzene rings is 2. The summed E-state index contributed by atoms with van der Waals surface area (Å²) in [6.07, 6.45) is 0.137. The van der Waals surface area contributed by atoms with Gasteiger partial charge < -0.3 is 16.4 Å². The van der Waals surface area contributed by atoms with E-state index in [4.69, 9.17) is 5.73 Å². The third-order valence-corrected chi connectivity index (χ3v) is 5.20. The summed E-state index contributed by atoms with van der Waals surface area (Å²) in [7, 11) is 0. The van der Waals surface area contributed by atoms with Crippen LogP contribution in [0.1, 0.15) is 31.1 Å². The maximum atomic E-state index is 12.5. The van der Waals surface area contributed by atoms with Gasteiger partial charge in [0.25, 0.3) is 0 Å². The van der Waals surface area contributed by atoms with Gasteiger partial charge in [-0.25, -0.2) is 4.98 Å². The first-order valence-corrected chi connectivity index (χ1v) is 10.1. The number of anilines is 1. The van der Waals surface area contributed by atoms with Gasteiger partial charge in [0.05, 0.1) is 18.2 Å².